The lowest BCUT2D eigenvalue weighted by Crippen LogP contribution is -2.42. The lowest BCUT2D eigenvalue weighted by atomic mass is 10.2. The van der Waals surface area contributed by atoms with E-state index in [1.807, 2.05) is 6.07 Å². The van der Waals surface area contributed by atoms with E-state index in [1.165, 1.54) is 39.7 Å². The molecule has 1 unspecified atom stereocenters. The van der Waals surface area contributed by atoms with E-state index in [4.69, 9.17) is 28.4 Å². The monoisotopic (exact) mass is 492 g/mol. The van der Waals surface area contributed by atoms with Gasteiger partial charge in [0.2, 0.25) is 11.9 Å². The molecule has 1 atom stereocenters. The van der Waals surface area contributed by atoms with Crippen LogP contribution in [0.5, 0.6) is 34.5 Å². The summed E-state index contributed by atoms with van der Waals surface area (Å²) < 4.78 is 32.4. The van der Waals surface area contributed by atoms with Crippen molar-refractivity contribution in [3.8, 4) is 34.5 Å². The van der Waals surface area contributed by atoms with E-state index in [9.17, 15) is 9.59 Å². The highest BCUT2D eigenvalue weighted by Crippen LogP contribution is 2.38. The highest BCUT2D eigenvalue weighted by molar-refractivity contribution is 5.93. The highest BCUT2D eigenvalue weighted by atomic mass is 16.6. The molecule has 10 nitrogen and oxygen atoms in total. The van der Waals surface area contributed by atoms with E-state index in [0.29, 0.717) is 40.1 Å². The van der Waals surface area contributed by atoms with Crippen LogP contribution in [-0.4, -0.2) is 52.1 Å². The molecule has 1 aliphatic rings. The third kappa shape index (κ3) is 5.49. The Morgan fingerprint density at radius 2 is 1.61 bits per heavy atom. The second kappa shape index (κ2) is 11.1. The highest BCUT2D eigenvalue weighted by Gasteiger charge is 2.27. The van der Waals surface area contributed by atoms with Crippen LogP contribution in [0.2, 0.25) is 0 Å². The van der Waals surface area contributed by atoms with E-state index >= 15 is 0 Å². The maximum Gasteiger partial charge on any atom is 0.343 e. The number of nitrogens with one attached hydrogen (secondary N) is 1. The van der Waals surface area contributed by atoms with Crippen LogP contribution >= 0.6 is 0 Å². The lowest BCUT2D eigenvalue weighted by molar-refractivity contribution is -0.130. The molecule has 186 valence electrons. The summed E-state index contributed by atoms with van der Waals surface area (Å²) in [5.74, 6) is 1.44. The number of benzene rings is 3. The summed E-state index contributed by atoms with van der Waals surface area (Å²) in [4.78, 5) is 25.0. The minimum atomic E-state index is -0.811. The van der Waals surface area contributed by atoms with Gasteiger partial charge in [0.05, 0.1) is 33.1 Å². The number of para-hydroxylation sites is 2. The molecule has 0 radical (unpaired) electrons. The van der Waals surface area contributed by atoms with Crippen LogP contribution in [0.3, 0.4) is 0 Å². The van der Waals surface area contributed by atoms with Gasteiger partial charge >= 0.3 is 5.97 Å². The molecular formula is C26H24N2O8. The van der Waals surface area contributed by atoms with Crippen LogP contribution < -0.4 is 33.8 Å². The molecule has 0 aliphatic carbocycles. The van der Waals surface area contributed by atoms with Crippen LogP contribution in [0, 0.1) is 0 Å². The molecule has 0 saturated heterocycles. The predicted octanol–water partition coefficient (Wildman–Crippen LogP) is 3.22. The number of fused-ring (bicyclic) bond motifs is 1. The summed E-state index contributed by atoms with van der Waals surface area (Å²) in [5, 5.41) is 3.96. The first kappa shape index (κ1) is 24.4. The van der Waals surface area contributed by atoms with Gasteiger partial charge in [-0.1, -0.05) is 12.1 Å². The summed E-state index contributed by atoms with van der Waals surface area (Å²) in [6.07, 6.45) is 0.648. The molecule has 1 heterocycles. The number of methoxy groups -OCH3 is 3. The van der Waals surface area contributed by atoms with Crippen LogP contribution in [0.1, 0.15) is 15.9 Å². The smallest absolute Gasteiger partial charge is 0.343 e. The number of nitrogens with zero attached hydrogens (tertiary/aromatic N) is 1. The third-order valence-electron chi connectivity index (χ3n) is 5.18. The number of ether oxygens (including phenoxy) is 6. The standard InChI is InChI=1S/C26H24N2O8/c1-31-21-12-17(13-22(32-2)24(21)33-3)26(30)35-18-10-8-16(9-11-18)14-27-28-25(29)23-15-34-19-6-4-5-7-20(19)36-23/h4-14,23H,15H2,1-3H3,(H,28,29). The van der Waals surface area contributed by atoms with Gasteiger partial charge in [-0.2, -0.15) is 5.10 Å². The summed E-state index contributed by atoms with van der Waals surface area (Å²) in [7, 11) is 4.40. The zero-order valence-corrected chi connectivity index (χ0v) is 19.8. The molecular weight excluding hydrogens is 468 g/mol. The Bertz CT molecular complexity index is 1250. The van der Waals surface area contributed by atoms with Gasteiger partial charge in [0.25, 0.3) is 5.91 Å². The molecule has 1 N–H and O–H groups in total. The fraction of sp³-hybridized carbons (Fsp3) is 0.192. The molecule has 1 amide bonds. The topological polar surface area (TPSA) is 114 Å². The Labute approximate surface area is 207 Å². The number of carbonyl (C=O) groups excluding carboxylic acids is 2. The van der Waals surface area contributed by atoms with Gasteiger partial charge in [-0.25, -0.2) is 10.2 Å². The third-order valence-corrected chi connectivity index (χ3v) is 5.18. The van der Waals surface area contributed by atoms with Crippen LogP contribution in [0.4, 0.5) is 0 Å². The van der Waals surface area contributed by atoms with Crippen molar-refractivity contribution in [2.75, 3.05) is 27.9 Å². The number of hydrogen-bond acceptors (Lipinski definition) is 9. The number of esters is 1. The van der Waals surface area contributed by atoms with Gasteiger partial charge in [0, 0.05) is 0 Å². The number of amides is 1. The number of carbonyl (C=O) groups is 2. The van der Waals surface area contributed by atoms with Crippen molar-refractivity contribution < 1.29 is 38.0 Å². The van der Waals surface area contributed by atoms with Crippen LogP contribution in [-0.2, 0) is 4.79 Å². The van der Waals surface area contributed by atoms with Gasteiger partial charge in [-0.05, 0) is 54.1 Å². The maximum absolute atomic E-state index is 12.6. The van der Waals surface area contributed by atoms with Gasteiger partial charge in [-0.15, -0.1) is 0 Å². The molecule has 0 spiro atoms. The minimum Gasteiger partial charge on any atom is -0.493 e. The fourth-order valence-electron chi connectivity index (χ4n) is 3.38. The molecule has 0 fully saturated rings. The summed E-state index contributed by atoms with van der Waals surface area (Å²) in [6, 6.07) is 16.7. The first-order chi connectivity index (χ1) is 17.5. The fourth-order valence-corrected chi connectivity index (χ4v) is 3.38. The van der Waals surface area contributed by atoms with Gasteiger partial charge < -0.3 is 28.4 Å². The SMILES string of the molecule is COc1cc(C(=O)Oc2ccc(C=NNC(=O)C3COc4ccccc4O3)cc2)cc(OC)c1OC. The molecule has 0 bridgehead atoms. The van der Waals surface area contributed by atoms with Crippen molar-refractivity contribution in [2.24, 2.45) is 5.10 Å². The number of rotatable bonds is 8. The van der Waals surface area contributed by atoms with Crippen molar-refractivity contribution in [2.45, 2.75) is 6.10 Å². The van der Waals surface area contributed by atoms with Gasteiger partial charge in [0.15, 0.2) is 23.0 Å². The van der Waals surface area contributed by atoms with E-state index in [0.717, 1.165) is 0 Å². The van der Waals surface area contributed by atoms with E-state index < -0.39 is 18.0 Å². The van der Waals surface area contributed by atoms with Crippen molar-refractivity contribution in [1.29, 1.82) is 0 Å². The van der Waals surface area contributed by atoms with Crippen LogP contribution in [0.25, 0.3) is 0 Å². The first-order valence-electron chi connectivity index (χ1n) is 10.9. The Morgan fingerprint density at radius 3 is 2.25 bits per heavy atom. The largest absolute Gasteiger partial charge is 0.493 e. The summed E-state index contributed by atoms with van der Waals surface area (Å²) >= 11 is 0. The van der Waals surface area contributed by atoms with E-state index in [2.05, 4.69) is 10.5 Å². The molecule has 36 heavy (non-hydrogen) atoms. The van der Waals surface area contributed by atoms with E-state index in [1.54, 1.807) is 42.5 Å². The Hall–Kier alpha value is -4.73. The first-order valence-corrected chi connectivity index (χ1v) is 10.9. The Morgan fingerprint density at radius 1 is 0.944 bits per heavy atom. The lowest BCUT2D eigenvalue weighted by Gasteiger charge is -2.24. The Balaban J connectivity index is 1.34. The quantitative estimate of drug-likeness (QED) is 0.221. The molecule has 10 heteroatoms. The molecule has 3 aromatic carbocycles. The second-order valence-electron chi connectivity index (χ2n) is 7.47. The molecule has 0 aromatic heterocycles. The average molecular weight is 492 g/mol. The van der Waals surface area contributed by atoms with Crippen molar-refractivity contribution in [3.05, 3.63) is 71.8 Å². The zero-order valence-electron chi connectivity index (χ0n) is 19.8. The zero-order chi connectivity index (χ0) is 25.5. The van der Waals surface area contributed by atoms with Crippen molar-refractivity contribution in [3.63, 3.8) is 0 Å². The van der Waals surface area contributed by atoms with Gasteiger partial charge in [0.1, 0.15) is 12.4 Å². The number of hydrogen-bond donors (Lipinski definition) is 1. The van der Waals surface area contributed by atoms with Crippen molar-refractivity contribution >= 4 is 18.1 Å². The van der Waals surface area contributed by atoms with Gasteiger partial charge in [-0.3, -0.25) is 4.79 Å². The van der Waals surface area contributed by atoms with Crippen molar-refractivity contribution in [1.82, 2.24) is 5.43 Å². The molecule has 0 saturated carbocycles. The molecule has 1 aliphatic heterocycles. The maximum atomic E-state index is 12.6. The molecule has 3 aromatic rings. The number of hydrazone groups is 1. The summed E-state index contributed by atoms with van der Waals surface area (Å²) in [5.41, 5.74) is 3.34. The summed E-state index contributed by atoms with van der Waals surface area (Å²) in [6.45, 7) is 0.0877. The van der Waals surface area contributed by atoms with E-state index in [-0.39, 0.29) is 12.2 Å². The average Bonchev–Trinajstić information content (AvgIpc) is 2.92. The second-order valence-corrected chi connectivity index (χ2v) is 7.47. The predicted molar refractivity (Wildman–Crippen MR) is 130 cm³/mol. The van der Waals surface area contributed by atoms with Crippen LogP contribution in [0.15, 0.2) is 65.8 Å². The Kier molecular flexibility index (Phi) is 7.54. The normalized spacial score (nSPS) is 14.1. The molecule has 4 rings (SSSR count). The minimum absolute atomic E-state index is 0.0877.